The fourth-order valence-electron chi connectivity index (χ4n) is 6.69. The summed E-state index contributed by atoms with van der Waals surface area (Å²) in [5.41, 5.74) is 1.88. The number of carbonyl (C=O) groups is 1. The SMILES string of the molecule is COc1ccc(S(=O)(=O)N[C@@H]2CCc3ccc(C(=O)N4CCC5(CCN(c6ccncc6)CC5)C4)cc32)c(C(F)(F)F)c1. The Hall–Kier alpha value is -3.64. The van der Waals surface area contributed by atoms with E-state index in [0.717, 1.165) is 49.7 Å². The van der Waals surface area contributed by atoms with Gasteiger partial charge in [-0.1, -0.05) is 6.07 Å². The summed E-state index contributed by atoms with van der Waals surface area (Å²) < 4.78 is 75.2. The lowest BCUT2D eigenvalue weighted by molar-refractivity contribution is -0.140. The molecule has 2 fully saturated rings. The number of methoxy groups -OCH3 is 1. The zero-order valence-electron chi connectivity index (χ0n) is 23.7. The number of anilines is 1. The highest BCUT2D eigenvalue weighted by molar-refractivity contribution is 7.89. The van der Waals surface area contributed by atoms with E-state index in [2.05, 4.69) is 14.6 Å². The van der Waals surface area contributed by atoms with E-state index >= 15 is 0 Å². The van der Waals surface area contributed by atoms with E-state index in [1.807, 2.05) is 23.1 Å². The highest BCUT2D eigenvalue weighted by Gasteiger charge is 2.43. The van der Waals surface area contributed by atoms with Crippen molar-refractivity contribution in [3.8, 4) is 5.75 Å². The fraction of sp³-hybridized carbons (Fsp3) is 0.419. The Kier molecular flexibility index (Phi) is 7.62. The smallest absolute Gasteiger partial charge is 0.417 e. The summed E-state index contributed by atoms with van der Waals surface area (Å²) >= 11 is 0. The summed E-state index contributed by atoms with van der Waals surface area (Å²) in [6.07, 6.45) is 2.52. The molecule has 1 aromatic heterocycles. The molecule has 2 saturated heterocycles. The van der Waals surface area contributed by atoms with Crippen molar-refractivity contribution in [1.29, 1.82) is 0 Å². The number of fused-ring (bicyclic) bond motifs is 1. The number of aryl methyl sites for hydroxylation is 1. The molecule has 0 unspecified atom stereocenters. The first-order valence-corrected chi connectivity index (χ1v) is 15.8. The molecule has 3 aliphatic rings. The van der Waals surface area contributed by atoms with Crippen molar-refractivity contribution >= 4 is 21.6 Å². The normalized spacial score (nSPS) is 20.0. The molecule has 3 heterocycles. The van der Waals surface area contributed by atoms with Gasteiger partial charge in [-0.2, -0.15) is 13.2 Å². The van der Waals surface area contributed by atoms with Crippen LogP contribution in [0.5, 0.6) is 5.75 Å². The topological polar surface area (TPSA) is 91.8 Å². The number of pyridine rings is 1. The van der Waals surface area contributed by atoms with Crippen molar-refractivity contribution in [2.45, 2.75) is 49.2 Å². The van der Waals surface area contributed by atoms with E-state index in [0.29, 0.717) is 43.1 Å². The number of nitrogens with one attached hydrogen (secondary N) is 1. The molecule has 2 aliphatic heterocycles. The van der Waals surface area contributed by atoms with E-state index < -0.39 is 32.7 Å². The third kappa shape index (κ3) is 5.82. The second-order valence-electron chi connectivity index (χ2n) is 11.7. The van der Waals surface area contributed by atoms with Crippen LogP contribution < -0.4 is 14.4 Å². The fourth-order valence-corrected chi connectivity index (χ4v) is 8.15. The van der Waals surface area contributed by atoms with Crippen molar-refractivity contribution in [2.24, 2.45) is 5.41 Å². The molecule has 0 saturated carbocycles. The minimum Gasteiger partial charge on any atom is -0.497 e. The van der Waals surface area contributed by atoms with Gasteiger partial charge in [0, 0.05) is 55.9 Å². The quantitative estimate of drug-likeness (QED) is 0.410. The summed E-state index contributed by atoms with van der Waals surface area (Å²) in [7, 11) is -3.33. The molecule has 1 N–H and O–H groups in total. The summed E-state index contributed by atoms with van der Waals surface area (Å²) in [4.78, 5) is 21.1. The number of amides is 1. The molecule has 1 atom stereocenters. The first-order valence-electron chi connectivity index (χ1n) is 14.3. The number of sulfonamides is 1. The molecule has 2 aromatic carbocycles. The highest BCUT2D eigenvalue weighted by atomic mass is 32.2. The number of likely N-dealkylation sites (tertiary alicyclic amines) is 1. The standard InChI is InChI=1S/C31H33F3N4O4S/c1-42-24-5-7-28(26(19-24)31(32,33)34)43(40,41)36-27-6-4-21-2-3-22(18-25(21)27)29(39)38-17-12-30(20-38)10-15-37(16-11-30)23-8-13-35-14-9-23/h2-3,5,7-9,13-14,18-19,27,36H,4,6,10-12,15-17,20H2,1H3/t27-/m1/s1. The number of benzene rings is 2. The Bertz CT molecular complexity index is 1620. The van der Waals surface area contributed by atoms with E-state index in [-0.39, 0.29) is 17.1 Å². The molecule has 228 valence electrons. The van der Waals surface area contributed by atoms with Gasteiger partial charge in [0.2, 0.25) is 10.0 Å². The van der Waals surface area contributed by atoms with Gasteiger partial charge in [-0.25, -0.2) is 13.1 Å². The second kappa shape index (κ2) is 11.1. The lowest BCUT2D eigenvalue weighted by atomic mass is 9.77. The Morgan fingerprint density at radius 2 is 1.74 bits per heavy atom. The van der Waals surface area contributed by atoms with Crippen LogP contribution in [0.25, 0.3) is 0 Å². The molecule has 3 aromatic rings. The molecule has 12 heteroatoms. The number of rotatable bonds is 6. The van der Waals surface area contributed by atoms with Gasteiger partial charge in [-0.3, -0.25) is 9.78 Å². The van der Waals surface area contributed by atoms with Crippen LogP contribution in [0.1, 0.15) is 58.8 Å². The van der Waals surface area contributed by atoms with Crippen molar-refractivity contribution in [1.82, 2.24) is 14.6 Å². The molecule has 1 aliphatic carbocycles. The van der Waals surface area contributed by atoms with Crippen molar-refractivity contribution in [3.63, 3.8) is 0 Å². The molecule has 8 nitrogen and oxygen atoms in total. The summed E-state index contributed by atoms with van der Waals surface area (Å²) in [6, 6.07) is 11.3. The minimum atomic E-state index is -4.89. The second-order valence-corrected chi connectivity index (χ2v) is 13.3. The maximum absolute atomic E-state index is 13.8. The van der Waals surface area contributed by atoms with Crippen LogP contribution in [0.2, 0.25) is 0 Å². The predicted octanol–water partition coefficient (Wildman–Crippen LogP) is 5.21. The van der Waals surface area contributed by atoms with E-state index in [1.54, 1.807) is 24.5 Å². The lowest BCUT2D eigenvalue weighted by Gasteiger charge is -2.40. The van der Waals surface area contributed by atoms with Crippen LogP contribution in [0.4, 0.5) is 18.9 Å². The Morgan fingerprint density at radius 3 is 2.44 bits per heavy atom. The van der Waals surface area contributed by atoms with Gasteiger partial charge < -0.3 is 14.5 Å². The molecule has 1 amide bonds. The average molecular weight is 615 g/mol. The number of ether oxygens (including phenoxy) is 1. The van der Waals surface area contributed by atoms with Crippen molar-refractivity contribution in [3.05, 3.63) is 83.2 Å². The van der Waals surface area contributed by atoms with Gasteiger partial charge in [-0.05, 0) is 91.1 Å². The summed E-state index contributed by atoms with van der Waals surface area (Å²) in [5.74, 6) is -0.206. The number of hydrogen-bond acceptors (Lipinski definition) is 6. The van der Waals surface area contributed by atoms with Gasteiger partial charge in [0.25, 0.3) is 5.91 Å². The number of halogens is 3. The van der Waals surface area contributed by atoms with E-state index in [4.69, 9.17) is 4.74 Å². The van der Waals surface area contributed by atoms with Gasteiger partial charge in [0.1, 0.15) is 5.75 Å². The van der Waals surface area contributed by atoms with E-state index in [9.17, 15) is 26.4 Å². The maximum Gasteiger partial charge on any atom is 0.417 e. The third-order valence-electron chi connectivity index (χ3n) is 9.13. The lowest BCUT2D eigenvalue weighted by Crippen LogP contribution is -2.42. The van der Waals surface area contributed by atoms with Crippen molar-refractivity contribution in [2.75, 3.05) is 38.2 Å². The van der Waals surface area contributed by atoms with Gasteiger partial charge >= 0.3 is 6.18 Å². The minimum absolute atomic E-state index is 0.0721. The average Bonchev–Trinajstić information content (AvgIpc) is 3.60. The third-order valence-corrected chi connectivity index (χ3v) is 10.7. The molecule has 6 rings (SSSR count). The first-order chi connectivity index (χ1) is 20.5. The number of aromatic nitrogens is 1. The highest BCUT2D eigenvalue weighted by Crippen LogP contribution is 2.42. The molecule has 1 spiro atoms. The van der Waals surface area contributed by atoms with Gasteiger partial charge in [0.05, 0.1) is 17.6 Å². The monoisotopic (exact) mass is 614 g/mol. The van der Waals surface area contributed by atoms with Gasteiger partial charge in [0.15, 0.2) is 0 Å². The van der Waals surface area contributed by atoms with Crippen LogP contribution in [0.3, 0.4) is 0 Å². The van der Waals surface area contributed by atoms with Crippen LogP contribution in [-0.4, -0.2) is 57.5 Å². The largest absolute Gasteiger partial charge is 0.497 e. The number of alkyl halides is 3. The molecular weight excluding hydrogens is 581 g/mol. The zero-order chi connectivity index (χ0) is 30.4. The predicted molar refractivity (Wildman–Crippen MR) is 154 cm³/mol. The van der Waals surface area contributed by atoms with Crippen LogP contribution in [0.15, 0.2) is 65.8 Å². The molecule has 0 radical (unpaired) electrons. The number of carbonyl (C=O) groups excluding carboxylic acids is 1. The number of hydrogen-bond donors (Lipinski definition) is 1. The summed E-state index contributed by atoms with van der Waals surface area (Å²) in [6.45, 7) is 3.15. The van der Waals surface area contributed by atoms with Crippen LogP contribution >= 0.6 is 0 Å². The zero-order valence-corrected chi connectivity index (χ0v) is 24.5. The van der Waals surface area contributed by atoms with Crippen LogP contribution in [-0.2, 0) is 22.6 Å². The van der Waals surface area contributed by atoms with Crippen LogP contribution in [0, 0.1) is 5.41 Å². The van der Waals surface area contributed by atoms with Crippen molar-refractivity contribution < 1.29 is 31.1 Å². The molecular formula is C31H33F3N4O4S. The summed E-state index contributed by atoms with van der Waals surface area (Å²) in [5, 5.41) is 0. The van der Waals surface area contributed by atoms with E-state index in [1.165, 1.54) is 13.2 Å². The first kappa shape index (κ1) is 29.4. The molecule has 0 bridgehead atoms. The number of nitrogens with zero attached hydrogens (tertiary/aromatic N) is 3. The number of piperidine rings is 1. The Balaban J connectivity index is 1.16. The maximum atomic E-state index is 13.8. The van der Waals surface area contributed by atoms with Gasteiger partial charge in [-0.15, -0.1) is 0 Å². The molecule has 43 heavy (non-hydrogen) atoms. The Morgan fingerprint density at radius 1 is 1.02 bits per heavy atom. The Labute approximate surface area is 248 Å².